The summed E-state index contributed by atoms with van der Waals surface area (Å²) in [5.41, 5.74) is 10.4. The molecule has 5 N–H and O–H groups in total. The second-order valence-corrected chi connectivity index (χ2v) is 3.42. The average molecular weight is 268 g/mol. The highest BCUT2D eigenvalue weighted by Crippen LogP contribution is 2.01. The molecule has 0 spiro atoms. The quantitative estimate of drug-likeness (QED) is 0.629. The number of nitrogens with two attached hydrogens (primary N) is 2. The van der Waals surface area contributed by atoms with Crippen LogP contribution >= 0.6 is 17.0 Å². The van der Waals surface area contributed by atoms with Gasteiger partial charge >= 0.3 is 0 Å². The molecule has 0 saturated carbocycles. The molecule has 0 aliphatic carbocycles. The van der Waals surface area contributed by atoms with Gasteiger partial charge in [0.15, 0.2) is 0 Å². The van der Waals surface area contributed by atoms with Crippen LogP contribution in [0.1, 0.15) is 20.3 Å². The lowest BCUT2D eigenvalue weighted by molar-refractivity contribution is -0.125. The van der Waals surface area contributed by atoms with Crippen LogP contribution < -0.4 is 16.8 Å². The summed E-state index contributed by atoms with van der Waals surface area (Å²) in [6.07, 6.45) is 0.602. The molecule has 0 radical (unpaired) electrons. The molecule has 84 valence electrons. The zero-order valence-corrected chi connectivity index (χ0v) is 10.2. The minimum Gasteiger partial charge on any atom is -0.368 e. The Labute approximate surface area is 94.4 Å². The molecule has 2 amide bonds. The first-order valence-electron chi connectivity index (χ1n) is 4.25. The number of hydrogen-bond donors (Lipinski definition) is 3. The SMILES string of the molecule is Br.CC(C)CC(N)C(=O)NCC(N)=O. The highest BCUT2D eigenvalue weighted by molar-refractivity contribution is 8.93. The van der Waals surface area contributed by atoms with E-state index in [0.717, 1.165) is 0 Å². The third-order valence-electron chi connectivity index (χ3n) is 1.50. The van der Waals surface area contributed by atoms with Crippen molar-refractivity contribution in [1.82, 2.24) is 5.32 Å². The fraction of sp³-hybridized carbons (Fsp3) is 0.750. The Balaban J connectivity index is 0. The summed E-state index contributed by atoms with van der Waals surface area (Å²) in [5.74, 6) is -0.535. The van der Waals surface area contributed by atoms with Crippen LogP contribution in [0.3, 0.4) is 0 Å². The van der Waals surface area contributed by atoms with Gasteiger partial charge in [-0.3, -0.25) is 9.59 Å². The Morgan fingerprint density at radius 1 is 1.36 bits per heavy atom. The van der Waals surface area contributed by atoms with Crippen LogP contribution in [-0.4, -0.2) is 24.4 Å². The molecule has 5 nitrogen and oxygen atoms in total. The normalized spacial score (nSPS) is 11.7. The number of hydrogen-bond acceptors (Lipinski definition) is 3. The van der Waals surface area contributed by atoms with E-state index in [4.69, 9.17) is 11.5 Å². The Morgan fingerprint density at radius 2 is 1.86 bits per heavy atom. The van der Waals surface area contributed by atoms with Crippen molar-refractivity contribution in [3.8, 4) is 0 Å². The highest BCUT2D eigenvalue weighted by Gasteiger charge is 2.14. The molecule has 0 aliphatic heterocycles. The largest absolute Gasteiger partial charge is 0.368 e. The van der Waals surface area contributed by atoms with Crippen molar-refractivity contribution in [3.63, 3.8) is 0 Å². The molecular weight excluding hydrogens is 250 g/mol. The van der Waals surface area contributed by atoms with Crippen LogP contribution in [-0.2, 0) is 9.59 Å². The molecule has 0 rings (SSSR count). The number of rotatable bonds is 5. The molecule has 0 fully saturated rings. The summed E-state index contributed by atoms with van der Waals surface area (Å²) in [6, 6.07) is -0.556. The second kappa shape index (κ2) is 7.75. The molecule has 14 heavy (non-hydrogen) atoms. The van der Waals surface area contributed by atoms with Gasteiger partial charge in [-0.2, -0.15) is 0 Å². The van der Waals surface area contributed by atoms with Gasteiger partial charge in [0.1, 0.15) is 0 Å². The molecule has 0 bridgehead atoms. The lowest BCUT2D eigenvalue weighted by Gasteiger charge is -2.12. The zero-order chi connectivity index (χ0) is 10.4. The van der Waals surface area contributed by atoms with Gasteiger partial charge in [0, 0.05) is 0 Å². The van der Waals surface area contributed by atoms with Crippen molar-refractivity contribution >= 4 is 28.8 Å². The zero-order valence-electron chi connectivity index (χ0n) is 8.45. The molecular formula is C8H18BrN3O2. The van der Waals surface area contributed by atoms with E-state index >= 15 is 0 Å². The maximum atomic E-state index is 11.1. The van der Waals surface area contributed by atoms with E-state index in [-0.39, 0.29) is 29.4 Å². The van der Waals surface area contributed by atoms with E-state index in [2.05, 4.69) is 5.32 Å². The van der Waals surface area contributed by atoms with Crippen LogP contribution in [0.25, 0.3) is 0 Å². The Kier molecular flexibility index (Phi) is 8.77. The van der Waals surface area contributed by atoms with E-state index in [1.807, 2.05) is 13.8 Å². The summed E-state index contributed by atoms with van der Waals surface area (Å²) in [5, 5.41) is 2.35. The van der Waals surface area contributed by atoms with Gasteiger partial charge < -0.3 is 16.8 Å². The molecule has 0 aliphatic rings. The molecule has 6 heteroatoms. The van der Waals surface area contributed by atoms with Crippen LogP contribution in [0.15, 0.2) is 0 Å². The predicted octanol–water partition coefficient (Wildman–Crippen LogP) is -0.461. The molecule has 0 heterocycles. The van der Waals surface area contributed by atoms with E-state index in [1.165, 1.54) is 0 Å². The molecule has 0 aromatic carbocycles. The van der Waals surface area contributed by atoms with Crippen molar-refractivity contribution < 1.29 is 9.59 Å². The van der Waals surface area contributed by atoms with Gasteiger partial charge in [0.25, 0.3) is 0 Å². The molecule has 0 aromatic rings. The highest BCUT2D eigenvalue weighted by atomic mass is 79.9. The summed E-state index contributed by atoms with van der Waals surface area (Å²) in [4.78, 5) is 21.5. The van der Waals surface area contributed by atoms with Gasteiger partial charge in [0.05, 0.1) is 12.6 Å². The Morgan fingerprint density at radius 3 is 2.21 bits per heavy atom. The van der Waals surface area contributed by atoms with E-state index in [1.54, 1.807) is 0 Å². The van der Waals surface area contributed by atoms with Crippen molar-refractivity contribution in [2.75, 3.05) is 6.54 Å². The number of carbonyl (C=O) groups excluding carboxylic acids is 2. The van der Waals surface area contributed by atoms with E-state index in [9.17, 15) is 9.59 Å². The van der Waals surface area contributed by atoms with Gasteiger partial charge in [-0.15, -0.1) is 17.0 Å². The molecule has 0 aromatic heterocycles. The number of carbonyl (C=O) groups is 2. The third-order valence-corrected chi connectivity index (χ3v) is 1.50. The molecule has 1 atom stereocenters. The van der Waals surface area contributed by atoms with Crippen molar-refractivity contribution in [3.05, 3.63) is 0 Å². The summed E-state index contributed by atoms with van der Waals surface area (Å²) in [7, 11) is 0. The summed E-state index contributed by atoms with van der Waals surface area (Å²) >= 11 is 0. The first-order valence-corrected chi connectivity index (χ1v) is 4.25. The van der Waals surface area contributed by atoms with Crippen molar-refractivity contribution in [2.24, 2.45) is 17.4 Å². The van der Waals surface area contributed by atoms with Crippen molar-refractivity contribution in [2.45, 2.75) is 26.3 Å². The second-order valence-electron chi connectivity index (χ2n) is 3.42. The fourth-order valence-electron chi connectivity index (χ4n) is 0.920. The van der Waals surface area contributed by atoms with E-state index < -0.39 is 11.9 Å². The molecule has 1 unspecified atom stereocenters. The van der Waals surface area contributed by atoms with E-state index in [0.29, 0.717) is 12.3 Å². The number of halogens is 1. The number of primary amides is 1. The van der Waals surface area contributed by atoms with Gasteiger partial charge in [0.2, 0.25) is 11.8 Å². The maximum absolute atomic E-state index is 11.1. The summed E-state index contributed by atoms with van der Waals surface area (Å²) < 4.78 is 0. The standard InChI is InChI=1S/C8H17N3O2.BrH/c1-5(2)3-6(9)8(13)11-4-7(10)12;/h5-6H,3-4,9H2,1-2H3,(H2,10,12)(H,11,13);1H. The van der Waals surface area contributed by atoms with Crippen LogP contribution in [0.4, 0.5) is 0 Å². The lowest BCUT2D eigenvalue weighted by atomic mass is 10.0. The third kappa shape index (κ3) is 8.00. The van der Waals surface area contributed by atoms with Crippen molar-refractivity contribution in [1.29, 1.82) is 0 Å². The smallest absolute Gasteiger partial charge is 0.237 e. The topological polar surface area (TPSA) is 98.2 Å². The van der Waals surface area contributed by atoms with Crippen LogP contribution in [0.5, 0.6) is 0 Å². The Hall–Kier alpha value is -0.620. The first-order chi connectivity index (χ1) is 5.93. The minimum atomic E-state index is -0.565. The molecule has 0 saturated heterocycles. The van der Waals surface area contributed by atoms with Crippen LogP contribution in [0.2, 0.25) is 0 Å². The average Bonchev–Trinajstić information content (AvgIpc) is 1.98. The number of amides is 2. The minimum absolute atomic E-state index is 0. The summed E-state index contributed by atoms with van der Waals surface area (Å²) in [6.45, 7) is 3.80. The maximum Gasteiger partial charge on any atom is 0.237 e. The van der Waals surface area contributed by atoms with Gasteiger partial charge in [-0.05, 0) is 12.3 Å². The first kappa shape index (κ1) is 15.8. The van der Waals surface area contributed by atoms with Gasteiger partial charge in [-0.25, -0.2) is 0 Å². The van der Waals surface area contributed by atoms with Crippen LogP contribution in [0, 0.1) is 5.92 Å². The van der Waals surface area contributed by atoms with Gasteiger partial charge in [-0.1, -0.05) is 13.8 Å². The fourth-order valence-corrected chi connectivity index (χ4v) is 0.920. The predicted molar refractivity (Wildman–Crippen MR) is 60.0 cm³/mol. The monoisotopic (exact) mass is 267 g/mol. The number of nitrogens with one attached hydrogen (secondary N) is 1. The Bertz CT molecular complexity index is 197. The lowest BCUT2D eigenvalue weighted by Crippen LogP contribution is -2.44.